The minimum atomic E-state index is -0.503. The maximum atomic E-state index is 13.1. The molecule has 0 fully saturated rings. The number of amides is 1. The summed E-state index contributed by atoms with van der Waals surface area (Å²) >= 11 is 3.41. The quantitative estimate of drug-likeness (QED) is 0.397. The molecule has 2 aromatic carbocycles. The summed E-state index contributed by atoms with van der Waals surface area (Å²) in [4.78, 5) is 21.8. The summed E-state index contributed by atoms with van der Waals surface area (Å²) in [5, 5.41) is 3.05. The molecule has 32 heavy (non-hydrogen) atoms. The molecular weight excluding hydrogens is 472 g/mol. The van der Waals surface area contributed by atoms with E-state index in [9.17, 15) is 4.79 Å². The topological polar surface area (TPSA) is 78.3 Å². The van der Waals surface area contributed by atoms with Gasteiger partial charge in [-0.25, -0.2) is 9.97 Å². The summed E-state index contributed by atoms with van der Waals surface area (Å²) in [6.07, 6.45) is 5.01. The van der Waals surface area contributed by atoms with Gasteiger partial charge in [0.25, 0.3) is 5.91 Å². The van der Waals surface area contributed by atoms with E-state index in [1.165, 1.54) is 6.20 Å². The van der Waals surface area contributed by atoms with Crippen LogP contribution in [0, 0.1) is 0 Å². The first-order valence-corrected chi connectivity index (χ1v) is 10.6. The van der Waals surface area contributed by atoms with Gasteiger partial charge >= 0.3 is 0 Å². The fraction of sp³-hybridized carbons (Fsp3) is 0.125. The first-order valence-electron chi connectivity index (χ1n) is 9.85. The highest BCUT2D eigenvalue weighted by atomic mass is 79.9. The molecule has 1 unspecified atom stereocenters. The van der Waals surface area contributed by atoms with E-state index in [1.807, 2.05) is 66.3 Å². The molecule has 2 heterocycles. The number of imidazole rings is 1. The summed E-state index contributed by atoms with van der Waals surface area (Å²) in [7, 11) is 3.48. The SMILES string of the molecule is COc1ccccc1C(NC(=O)c1ccc(Oc2cccc(Br)c2)nc1)c1nccn1C. The van der Waals surface area contributed by atoms with Crippen LogP contribution in [-0.2, 0) is 7.05 Å². The summed E-state index contributed by atoms with van der Waals surface area (Å²) in [5.41, 5.74) is 1.21. The Labute approximate surface area is 194 Å². The molecule has 0 saturated heterocycles. The van der Waals surface area contributed by atoms with E-state index in [4.69, 9.17) is 9.47 Å². The Morgan fingerprint density at radius 2 is 1.94 bits per heavy atom. The van der Waals surface area contributed by atoms with Crippen LogP contribution in [0.4, 0.5) is 0 Å². The molecular formula is C24H21BrN4O3. The highest BCUT2D eigenvalue weighted by Crippen LogP contribution is 2.29. The minimum absolute atomic E-state index is 0.287. The molecule has 0 bridgehead atoms. The third kappa shape index (κ3) is 4.81. The number of nitrogens with one attached hydrogen (secondary N) is 1. The second kappa shape index (κ2) is 9.65. The number of aryl methyl sites for hydroxylation is 1. The van der Waals surface area contributed by atoms with E-state index in [1.54, 1.807) is 25.4 Å². The van der Waals surface area contributed by atoms with Crippen molar-refractivity contribution in [1.29, 1.82) is 0 Å². The smallest absolute Gasteiger partial charge is 0.253 e. The van der Waals surface area contributed by atoms with Crippen LogP contribution in [0.25, 0.3) is 0 Å². The van der Waals surface area contributed by atoms with Crippen LogP contribution >= 0.6 is 15.9 Å². The molecule has 0 saturated carbocycles. The number of ether oxygens (including phenoxy) is 2. The first kappa shape index (κ1) is 21.6. The van der Waals surface area contributed by atoms with Gasteiger partial charge in [0, 0.05) is 41.7 Å². The van der Waals surface area contributed by atoms with Gasteiger partial charge in [-0.3, -0.25) is 4.79 Å². The number of carbonyl (C=O) groups is 1. The van der Waals surface area contributed by atoms with E-state index >= 15 is 0 Å². The van der Waals surface area contributed by atoms with Crippen molar-refractivity contribution in [2.45, 2.75) is 6.04 Å². The third-order valence-electron chi connectivity index (χ3n) is 4.86. The zero-order valence-corrected chi connectivity index (χ0v) is 19.1. The lowest BCUT2D eigenvalue weighted by molar-refractivity contribution is 0.0940. The monoisotopic (exact) mass is 492 g/mol. The molecule has 1 amide bonds. The molecule has 0 spiro atoms. The number of nitrogens with zero attached hydrogens (tertiary/aromatic N) is 3. The van der Waals surface area contributed by atoms with E-state index < -0.39 is 6.04 Å². The molecule has 162 valence electrons. The van der Waals surface area contributed by atoms with Gasteiger partial charge in [0.05, 0.1) is 12.7 Å². The van der Waals surface area contributed by atoms with Crippen molar-refractivity contribution >= 4 is 21.8 Å². The maximum absolute atomic E-state index is 13.1. The van der Waals surface area contributed by atoms with Crippen LogP contribution in [0.5, 0.6) is 17.4 Å². The van der Waals surface area contributed by atoms with Gasteiger partial charge < -0.3 is 19.4 Å². The van der Waals surface area contributed by atoms with Gasteiger partial charge in [0.15, 0.2) is 0 Å². The average molecular weight is 493 g/mol. The molecule has 1 N–H and O–H groups in total. The average Bonchev–Trinajstić information content (AvgIpc) is 3.23. The van der Waals surface area contributed by atoms with Gasteiger partial charge in [-0.15, -0.1) is 0 Å². The number of methoxy groups -OCH3 is 1. The normalized spacial score (nSPS) is 11.6. The number of halogens is 1. The number of carbonyl (C=O) groups excluding carboxylic acids is 1. The summed E-state index contributed by atoms with van der Waals surface area (Å²) in [6.45, 7) is 0. The highest BCUT2D eigenvalue weighted by Gasteiger charge is 2.24. The number of hydrogen-bond donors (Lipinski definition) is 1. The van der Waals surface area contributed by atoms with E-state index in [-0.39, 0.29) is 5.91 Å². The molecule has 2 aromatic heterocycles. The predicted octanol–water partition coefficient (Wildman–Crippen LogP) is 4.90. The zero-order valence-electron chi connectivity index (χ0n) is 17.5. The minimum Gasteiger partial charge on any atom is -0.496 e. The van der Waals surface area contributed by atoms with E-state index in [0.717, 1.165) is 10.0 Å². The van der Waals surface area contributed by atoms with Crippen molar-refractivity contribution in [2.24, 2.45) is 7.05 Å². The third-order valence-corrected chi connectivity index (χ3v) is 5.35. The Balaban J connectivity index is 1.56. The Morgan fingerprint density at radius 1 is 1.09 bits per heavy atom. The number of pyridine rings is 1. The van der Waals surface area contributed by atoms with E-state index in [0.29, 0.717) is 28.8 Å². The summed E-state index contributed by atoms with van der Waals surface area (Å²) in [5.74, 6) is 2.10. The van der Waals surface area contributed by atoms with Crippen molar-refractivity contribution in [3.8, 4) is 17.4 Å². The summed E-state index contributed by atoms with van der Waals surface area (Å²) in [6, 6.07) is 17.8. The predicted molar refractivity (Wildman–Crippen MR) is 124 cm³/mol. The highest BCUT2D eigenvalue weighted by molar-refractivity contribution is 9.10. The molecule has 1 atom stereocenters. The van der Waals surface area contributed by atoms with Crippen LogP contribution in [0.2, 0.25) is 0 Å². The Morgan fingerprint density at radius 3 is 2.62 bits per heavy atom. The lowest BCUT2D eigenvalue weighted by atomic mass is 10.0. The van der Waals surface area contributed by atoms with Crippen LogP contribution in [-0.4, -0.2) is 27.6 Å². The molecule has 8 heteroatoms. The van der Waals surface area contributed by atoms with Crippen molar-refractivity contribution in [3.63, 3.8) is 0 Å². The number of hydrogen-bond acceptors (Lipinski definition) is 5. The van der Waals surface area contributed by atoms with Crippen molar-refractivity contribution < 1.29 is 14.3 Å². The Bertz CT molecular complexity index is 1220. The second-order valence-electron chi connectivity index (χ2n) is 6.99. The van der Waals surface area contributed by atoms with Crippen molar-refractivity contribution in [1.82, 2.24) is 19.9 Å². The van der Waals surface area contributed by atoms with Gasteiger partial charge in [-0.2, -0.15) is 0 Å². The van der Waals surface area contributed by atoms with Crippen LogP contribution in [0.1, 0.15) is 27.8 Å². The molecule has 7 nitrogen and oxygen atoms in total. The first-order chi connectivity index (χ1) is 15.5. The summed E-state index contributed by atoms with van der Waals surface area (Å²) < 4.78 is 14.0. The molecule has 0 aliphatic heterocycles. The van der Waals surface area contributed by atoms with Gasteiger partial charge in [0.1, 0.15) is 23.4 Å². The standard InChI is InChI=1S/C24H21BrN4O3/c1-29-13-12-26-23(29)22(19-8-3-4-9-20(19)31-2)28-24(30)16-10-11-21(27-15-16)32-18-7-5-6-17(25)14-18/h3-15,22H,1-2H3,(H,28,30). The zero-order chi connectivity index (χ0) is 22.5. The Hall–Kier alpha value is -3.65. The Kier molecular flexibility index (Phi) is 6.51. The molecule has 4 rings (SSSR count). The number of rotatable bonds is 7. The van der Waals surface area contributed by atoms with Crippen LogP contribution in [0.3, 0.4) is 0 Å². The molecule has 0 radical (unpaired) electrons. The number of aromatic nitrogens is 3. The molecule has 4 aromatic rings. The molecule has 0 aliphatic rings. The fourth-order valence-corrected chi connectivity index (χ4v) is 3.66. The van der Waals surface area contributed by atoms with Crippen LogP contribution in [0.15, 0.2) is 83.7 Å². The maximum Gasteiger partial charge on any atom is 0.253 e. The number of para-hydroxylation sites is 1. The van der Waals surface area contributed by atoms with Gasteiger partial charge in [-0.1, -0.05) is 40.2 Å². The number of benzene rings is 2. The lowest BCUT2D eigenvalue weighted by Crippen LogP contribution is -2.31. The van der Waals surface area contributed by atoms with Crippen molar-refractivity contribution in [3.05, 3.63) is 101 Å². The fourth-order valence-electron chi connectivity index (χ4n) is 3.28. The van der Waals surface area contributed by atoms with Gasteiger partial charge in [0.2, 0.25) is 5.88 Å². The largest absolute Gasteiger partial charge is 0.496 e. The van der Waals surface area contributed by atoms with Crippen LogP contribution < -0.4 is 14.8 Å². The van der Waals surface area contributed by atoms with E-state index in [2.05, 4.69) is 31.2 Å². The molecule has 0 aliphatic carbocycles. The second-order valence-corrected chi connectivity index (χ2v) is 7.90. The lowest BCUT2D eigenvalue weighted by Gasteiger charge is -2.21. The van der Waals surface area contributed by atoms with Gasteiger partial charge in [-0.05, 0) is 30.3 Å². The van der Waals surface area contributed by atoms with Crippen molar-refractivity contribution in [2.75, 3.05) is 7.11 Å².